The Kier molecular flexibility index (Phi) is 4.95. The van der Waals surface area contributed by atoms with Crippen molar-refractivity contribution in [1.29, 1.82) is 0 Å². The van der Waals surface area contributed by atoms with Crippen molar-refractivity contribution in [2.75, 3.05) is 13.7 Å². The van der Waals surface area contributed by atoms with Crippen molar-refractivity contribution in [3.8, 4) is 0 Å². The first-order valence-electron chi connectivity index (χ1n) is 6.44. The normalized spacial score (nSPS) is 30.1. The number of nitrogens with two attached hydrogens (primary N) is 1. The smallest absolute Gasteiger partial charge is 0.223 e. The molecule has 0 spiro atoms. The summed E-state index contributed by atoms with van der Waals surface area (Å²) in [6.07, 6.45) is 3.03. The van der Waals surface area contributed by atoms with Gasteiger partial charge in [0.05, 0.1) is 12.1 Å². The van der Waals surface area contributed by atoms with Crippen molar-refractivity contribution in [2.45, 2.75) is 51.6 Å². The quantitative estimate of drug-likeness (QED) is 0.781. The summed E-state index contributed by atoms with van der Waals surface area (Å²) >= 11 is 0. The van der Waals surface area contributed by atoms with Crippen LogP contribution in [0.3, 0.4) is 0 Å². The zero-order chi connectivity index (χ0) is 13.1. The van der Waals surface area contributed by atoms with E-state index in [1.807, 2.05) is 13.8 Å². The average Bonchev–Trinajstić information content (AvgIpc) is 2.21. The molecule has 0 radical (unpaired) electrons. The summed E-state index contributed by atoms with van der Waals surface area (Å²) in [4.78, 5) is 12.2. The van der Waals surface area contributed by atoms with E-state index in [0.717, 1.165) is 19.3 Å². The summed E-state index contributed by atoms with van der Waals surface area (Å²) in [5.74, 6) is 0.437. The molecule has 1 fully saturated rings. The molecule has 1 amide bonds. The van der Waals surface area contributed by atoms with Crippen LogP contribution in [0.4, 0.5) is 0 Å². The molecule has 0 heterocycles. The molecule has 0 bridgehead atoms. The number of nitrogens with one attached hydrogen (secondary N) is 1. The maximum atomic E-state index is 12.2. The van der Waals surface area contributed by atoms with Gasteiger partial charge in [-0.05, 0) is 32.6 Å². The first kappa shape index (κ1) is 14.5. The van der Waals surface area contributed by atoms with Crippen molar-refractivity contribution >= 4 is 5.91 Å². The summed E-state index contributed by atoms with van der Waals surface area (Å²) in [5, 5.41) is 3.06. The van der Waals surface area contributed by atoms with Crippen molar-refractivity contribution in [3.05, 3.63) is 0 Å². The molecule has 1 aliphatic rings. The minimum absolute atomic E-state index is 0.0508. The average molecular weight is 242 g/mol. The van der Waals surface area contributed by atoms with E-state index < -0.39 is 0 Å². The lowest BCUT2D eigenvalue weighted by molar-refractivity contribution is -0.130. The molecule has 3 atom stereocenters. The Hall–Kier alpha value is -0.610. The van der Waals surface area contributed by atoms with Crippen molar-refractivity contribution in [3.63, 3.8) is 0 Å². The highest BCUT2D eigenvalue weighted by Crippen LogP contribution is 2.29. The Labute approximate surface area is 104 Å². The standard InChI is InChI=1S/C13H26N2O2/c1-9-10(6-5-7-11(9)14)12(16)15-13(2,3)8-17-4/h9-11H,5-8,14H2,1-4H3,(H,15,16). The fourth-order valence-electron chi connectivity index (χ4n) is 2.59. The summed E-state index contributed by atoms with van der Waals surface area (Å²) in [5.41, 5.74) is 5.71. The van der Waals surface area contributed by atoms with Gasteiger partial charge in [0.1, 0.15) is 0 Å². The number of rotatable bonds is 4. The van der Waals surface area contributed by atoms with E-state index in [4.69, 9.17) is 10.5 Å². The second kappa shape index (κ2) is 5.83. The Bertz CT molecular complexity index is 266. The van der Waals surface area contributed by atoms with E-state index in [1.54, 1.807) is 7.11 Å². The first-order valence-corrected chi connectivity index (χ1v) is 6.44. The fraction of sp³-hybridized carbons (Fsp3) is 0.923. The Morgan fingerprint density at radius 3 is 2.71 bits per heavy atom. The summed E-state index contributed by atoms with van der Waals surface area (Å²) in [7, 11) is 1.65. The molecule has 1 saturated carbocycles. The molecule has 0 aromatic carbocycles. The minimum Gasteiger partial charge on any atom is -0.382 e. The van der Waals surface area contributed by atoms with Gasteiger partial charge in [0.25, 0.3) is 0 Å². The summed E-state index contributed by atoms with van der Waals surface area (Å²) < 4.78 is 5.10. The van der Waals surface area contributed by atoms with Gasteiger partial charge >= 0.3 is 0 Å². The highest BCUT2D eigenvalue weighted by Gasteiger charge is 2.34. The molecule has 0 aromatic rings. The fourth-order valence-corrected chi connectivity index (χ4v) is 2.59. The van der Waals surface area contributed by atoms with Crippen LogP contribution < -0.4 is 11.1 Å². The van der Waals surface area contributed by atoms with Gasteiger partial charge in [-0.15, -0.1) is 0 Å². The highest BCUT2D eigenvalue weighted by atomic mass is 16.5. The molecule has 0 saturated heterocycles. The molecule has 4 heteroatoms. The van der Waals surface area contributed by atoms with Crippen LogP contribution in [0.1, 0.15) is 40.0 Å². The Morgan fingerprint density at radius 1 is 1.47 bits per heavy atom. The van der Waals surface area contributed by atoms with E-state index in [-0.39, 0.29) is 29.3 Å². The van der Waals surface area contributed by atoms with Crippen molar-refractivity contribution in [1.82, 2.24) is 5.32 Å². The van der Waals surface area contributed by atoms with E-state index in [0.29, 0.717) is 6.61 Å². The molecule has 1 rings (SSSR count). The largest absolute Gasteiger partial charge is 0.382 e. The van der Waals surface area contributed by atoms with E-state index in [1.165, 1.54) is 0 Å². The molecular weight excluding hydrogens is 216 g/mol. The second-order valence-corrected chi connectivity index (χ2v) is 5.87. The molecule has 3 N–H and O–H groups in total. The van der Waals surface area contributed by atoms with Crippen LogP contribution in [0.2, 0.25) is 0 Å². The number of ether oxygens (including phenoxy) is 1. The van der Waals surface area contributed by atoms with Crippen LogP contribution in [-0.2, 0) is 9.53 Å². The maximum Gasteiger partial charge on any atom is 0.223 e. The number of hydrogen-bond donors (Lipinski definition) is 2. The van der Waals surface area contributed by atoms with Gasteiger partial charge in [-0.25, -0.2) is 0 Å². The molecule has 17 heavy (non-hydrogen) atoms. The zero-order valence-corrected chi connectivity index (χ0v) is 11.5. The monoisotopic (exact) mass is 242 g/mol. The number of hydrogen-bond acceptors (Lipinski definition) is 3. The summed E-state index contributed by atoms with van der Waals surface area (Å²) in [6, 6.07) is 0.157. The number of amides is 1. The molecule has 0 aromatic heterocycles. The van der Waals surface area contributed by atoms with E-state index >= 15 is 0 Å². The maximum absolute atomic E-state index is 12.2. The number of carbonyl (C=O) groups excluding carboxylic acids is 1. The third-order valence-corrected chi connectivity index (χ3v) is 3.67. The summed E-state index contributed by atoms with van der Waals surface area (Å²) in [6.45, 7) is 6.55. The highest BCUT2D eigenvalue weighted by molar-refractivity contribution is 5.79. The van der Waals surface area contributed by atoms with Gasteiger partial charge in [0.15, 0.2) is 0 Å². The minimum atomic E-state index is -0.312. The number of methoxy groups -OCH3 is 1. The van der Waals surface area contributed by atoms with Gasteiger partial charge in [-0.2, -0.15) is 0 Å². The second-order valence-electron chi connectivity index (χ2n) is 5.87. The lowest BCUT2D eigenvalue weighted by Crippen LogP contribution is -2.52. The van der Waals surface area contributed by atoms with Crippen molar-refractivity contribution in [2.24, 2.45) is 17.6 Å². The van der Waals surface area contributed by atoms with Gasteiger partial charge in [0.2, 0.25) is 5.91 Å². The van der Waals surface area contributed by atoms with Gasteiger partial charge in [-0.1, -0.05) is 13.3 Å². The van der Waals surface area contributed by atoms with E-state index in [9.17, 15) is 4.79 Å². The van der Waals surface area contributed by atoms with Crippen LogP contribution in [0.5, 0.6) is 0 Å². The van der Waals surface area contributed by atoms with Gasteiger partial charge in [-0.3, -0.25) is 4.79 Å². The lowest BCUT2D eigenvalue weighted by atomic mass is 9.76. The topological polar surface area (TPSA) is 64.3 Å². The predicted molar refractivity (Wildman–Crippen MR) is 68.6 cm³/mol. The van der Waals surface area contributed by atoms with Crippen LogP contribution in [-0.4, -0.2) is 31.2 Å². The zero-order valence-electron chi connectivity index (χ0n) is 11.5. The molecule has 0 aliphatic heterocycles. The van der Waals surface area contributed by atoms with Gasteiger partial charge in [0, 0.05) is 19.1 Å². The van der Waals surface area contributed by atoms with E-state index in [2.05, 4.69) is 12.2 Å². The third-order valence-electron chi connectivity index (χ3n) is 3.67. The molecule has 1 aliphatic carbocycles. The van der Waals surface area contributed by atoms with Crippen LogP contribution in [0.25, 0.3) is 0 Å². The Morgan fingerprint density at radius 2 is 2.12 bits per heavy atom. The molecule has 100 valence electrons. The predicted octanol–water partition coefficient (Wildman–Crippen LogP) is 1.29. The third kappa shape index (κ3) is 3.96. The first-order chi connectivity index (χ1) is 7.87. The van der Waals surface area contributed by atoms with Crippen molar-refractivity contribution < 1.29 is 9.53 Å². The Balaban J connectivity index is 2.57. The lowest BCUT2D eigenvalue weighted by Gasteiger charge is -2.35. The van der Waals surface area contributed by atoms with Crippen LogP contribution in [0, 0.1) is 11.8 Å². The van der Waals surface area contributed by atoms with Gasteiger partial charge < -0.3 is 15.8 Å². The number of carbonyl (C=O) groups is 1. The van der Waals surface area contributed by atoms with Crippen LogP contribution >= 0.6 is 0 Å². The SMILES string of the molecule is COCC(C)(C)NC(=O)C1CCCC(N)C1C. The molecule has 4 nitrogen and oxygen atoms in total. The molecular formula is C13H26N2O2. The van der Waals surface area contributed by atoms with Crippen LogP contribution in [0.15, 0.2) is 0 Å². The molecule has 3 unspecified atom stereocenters.